The lowest BCUT2D eigenvalue weighted by Gasteiger charge is -2.44. The van der Waals surface area contributed by atoms with Gasteiger partial charge in [-0.15, -0.1) is 0 Å². The van der Waals surface area contributed by atoms with Gasteiger partial charge in [0.2, 0.25) is 5.91 Å². The van der Waals surface area contributed by atoms with Gasteiger partial charge in [0.05, 0.1) is 6.61 Å². The third-order valence-corrected chi connectivity index (χ3v) is 5.56. The third-order valence-electron chi connectivity index (χ3n) is 5.56. The van der Waals surface area contributed by atoms with Gasteiger partial charge in [0.1, 0.15) is 5.75 Å². The van der Waals surface area contributed by atoms with Crippen molar-refractivity contribution in [3.05, 3.63) is 29.8 Å². The van der Waals surface area contributed by atoms with Crippen molar-refractivity contribution in [1.29, 1.82) is 0 Å². The number of amides is 1. The second-order valence-corrected chi connectivity index (χ2v) is 7.40. The molecule has 132 valence electrons. The standard InChI is InChI=1S/C20H30N2O2/c1-2-3-14-24-18-6-4-17(5-7-18)15-22-12-10-20(11-13-22)9-8-19(23)21-16-20/h4-7H,2-3,8-16H2,1H3,(H,21,23). The van der Waals surface area contributed by atoms with Crippen LogP contribution in [0.2, 0.25) is 0 Å². The molecule has 0 atom stereocenters. The number of carbonyl (C=O) groups excluding carboxylic acids is 1. The highest BCUT2D eigenvalue weighted by atomic mass is 16.5. The van der Waals surface area contributed by atoms with Crippen molar-refractivity contribution in [2.45, 2.75) is 52.0 Å². The van der Waals surface area contributed by atoms with Crippen LogP contribution >= 0.6 is 0 Å². The summed E-state index contributed by atoms with van der Waals surface area (Å²) in [5.74, 6) is 1.20. The summed E-state index contributed by atoms with van der Waals surface area (Å²) in [5.41, 5.74) is 1.72. The summed E-state index contributed by atoms with van der Waals surface area (Å²) in [4.78, 5) is 13.9. The van der Waals surface area contributed by atoms with Crippen molar-refractivity contribution in [2.75, 3.05) is 26.2 Å². The maximum absolute atomic E-state index is 11.4. The van der Waals surface area contributed by atoms with Crippen molar-refractivity contribution < 1.29 is 9.53 Å². The average Bonchev–Trinajstić information content (AvgIpc) is 2.62. The Morgan fingerprint density at radius 1 is 1.17 bits per heavy atom. The lowest BCUT2D eigenvalue weighted by atomic mass is 9.73. The molecule has 0 radical (unpaired) electrons. The molecule has 0 unspecified atom stereocenters. The Morgan fingerprint density at radius 2 is 1.92 bits per heavy atom. The zero-order chi connectivity index (χ0) is 16.8. The van der Waals surface area contributed by atoms with E-state index in [2.05, 4.69) is 41.4 Å². The summed E-state index contributed by atoms with van der Waals surface area (Å²) in [7, 11) is 0. The van der Waals surface area contributed by atoms with Crippen LogP contribution in [0.1, 0.15) is 51.0 Å². The minimum Gasteiger partial charge on any atom is -0.494 e. The number of piperidine rings is 2. The smallest absolute Gasteiger partial charge is 0.220 e. The Labute approximate surface area is 145 Å². The highest BCUT2D eigenvalue weighted by Crippen LogP contribution is 2.37. The fourth-order valence-electron chi connectivity index (χ4n) is 3.74. The molecule has 1 aromatic rings. The normalized spacial score (nSPS) is 20.8. The molecule has 1 amide bonds. The van der Waals surface area contributed by atoms with Crippen LogP contribution in [0.4, 0.5) is 0 Å². The quantitative estimate of drug-likeness (QED) is 0.813. The number of likely N-dealkylation sites (tertiary alicyclic amines) is 1. The SMILES string of the molecule is CCCCOc1ccc(CN2CCC3(CCC(=O)NC3)CC2)cc1. The molecule has 2 heterocycles. The Kier molecular flexibility index (Phi) is 5.77. The number of nitrogens with zero attached hydrogens (tertiary/aromatic N) is 1. The lowest BCUT2D eigenvalue weighted by molar-refractivity contribution is -0.125. The first kappa shape index (κ1) is 17.3. The second-order valence-electron chi connectivity index (χ2n) is 7.40. The monoisotopic (exact) mass is 330 g/mol. The van der Waals surface area contributed by atoms with Crippen LogP contribution in [0.5, 0.6) is 5.75 Å². The van der Waals surface area contributed by atoms with Crippen LogP contribution in [0.25, 0.3) is 0 Å². The first-order valence-electron chi connectivity index (χ1n) is 9.40. The molecule has 2 aliphatic rings. The second kappa shape index (κ2) is 8.02. The molecule has 1 spiro atoms. The molecule has 0 bridgehead atoms. The molecule has 2 fully saturated rings. The fourth-order valence-corrected chi connectivity index (χ4v) is 3.74. The number of hydrogen-bond acceptors (Lipinski definition) is 3. The zero-order valence-corrected chi connectivity index (χ0v) is 14.9. The number of nitrogens with one attached hydrogen (secondary N) is 1. The largest absolute Gasteiger partial charge is 0.494 e. The van der Waals surface area contributed by atoms with E-state index in [4.69, 9.17) is 4.74 Å². The Morgan fingerprint density at radius 3 is 2.54 bits per heavy atom. The lowest BCUT2D eigenvalue weighted by Crippen LogP contribution is -2.49. The molecule has 0 saturated carbocycles. The number of carbonyl (C=O) groups is 1. The van der Waals surface area contributed by atoms with E-state index in [0.717, 1.165) is 57.8 Å². The summed E-state index contributed by atoms with van der Waals surface area (Å²) in [6, 6.07) is 8.55. The van der Waals surface area contributed by atoms with Gasteiger partial charge >= 0.3 is 0 Å². The maximum atomic E-state index is 11.4. The van der Waals surface area contributed by atoms with E-state index >= 15 is 0 Å². The zero-order valence-electron chi connectivity index (χ0n) is 14.9. The molecule has 0 aliphatic carbocycles. The summed E-state index contributed by atoms with van der Waals surface area (Å²) >= 11 is 0. The van der Waals surface area contributed by atoms with Crippen LogP contribution in [0, 0.1) is 5.41 Å². The molecule has 4 nitrogen and oxygen atoms in total. The van der Waals surface area contributed by atoms with Gasteiger partial charge in [0, 0.05) is 19.5 Å². The van der Waals surface area contributed by atoms with Crippen molar-refractivity contribution in [2.24, 2.45) is 5.41 Å². The minimum atomic E-state index is 0.226. The van der Waals surface area contributed by atoms with Crippen LogP contribution in [0.3, 0.4) is 0 Å². The Bertz CT molecular complexity index is 521. The molecule has 24 heavy (non-hydrogen) atoms. The van der Waals surface area contributed by atoms with E-state index in [-0.39, 0.29) is 5.91 Å². The molecule has 2 saturated heterocycles. The summed E-state index contributed by atoms with van der Waals surface area (Å²) in [5, 5.41) is 3.06. The highest BCUT2D eigenvalue weighted by Gasteiger charge is 2.37. The fraction of sp³-hybridized carbons (Fsp3) is 0.650. The molecule has 1 aromatic carbocycles. The minimum absolute atomic E-state index is 0.226. The van der Waals surface area contributed by atoms with E-state index in [1.807, 2.05) is 0 Å². The van der Waals surface area contributed by atoms with E-state index in [1.54, 1.807) is 0 Å². The summed E-state index contributed by atoms with van der Waals surface area (Å²) in [6.07, 6.45) is 6.45. The van der Waals surface area contributed by atoms with Crippen LogP contribution in [-0.2, 0) is 11.3 Å². The average molecular weight is 330 g/mol. The molecular formula is C20H30N2O2. The van der Waals surface area contributed by atoms with Crippen LogP contribution in [0.15, 0.2) is 24.3 Å². The number of benzene rings is 1. The van der Waals surface area contributed by atoms with Gasteiger partial charge in [-0.1, -0.05) is 25.5 Å². The van der Waals surface area contributed by atoms with Gasteiger partial charge < -0.3 is 10.1 Å². The number of ether oxygens (including phenoxy) is 1. The predicted octanol–water partition coefficient (Wildman–Crippen LogP) is 3.36. The van der Waals surface area contributed by atoms with Crippen LogP contribution in [-0.4, -0.2) is 37.0 Å². The van der Waals surface area contributed by atoms with E-state index in [1.165, 1.54) is 18.4 Å². The molecule has 4 heteroatoms. The van der Waals surface area contributed by atoms with Gasteiger partial charge in [-0.2, -0.15) is 0 Å². The molecule has 2 aliphatic heterocycles. The Hall–Kier alpha value is -1.55. The third kappa shape index (κ3) is 4.50. The van der Waals surface area contributed by atoms with Crippen molar-refractivity contribution in [3.8, 4) is 5.75 Å². The molecule has 0 aromatic heterocycles. The molecule has 1 N–H and O–H groups in total. The van der Waals surface area contributed by atoms with Crippen molar-refractivity contribution in [1.82, 2.24) is 10.2 Å². The molecule has 3 rings (SSSR count). The van der Waals surface area contributed by atoms with E-state index in [0.29, 0.717) is 11.8 Å². The van der Waals surface area contributed by atoms with Crippen molar-refractivity contribution in [3.63, 3.8) is 0 Å². The van der Waals surface area contributed by atoms with E-state index in [9.17, 15) is 4.79 Å². The molecular weight excluding hydrogens is 300 g/mol. The van der Waals surface area contributed by atoms with Crippen LogP contribution < -0.4 is 10.1 Å². The highest BCUT2D eigenvalue weighted by molar-refractivity contribution is 5.76. The van der Waals surface area contributed by atoms with Gasteiger partial charge in [-0.3, -0.25) is 9.69 Å². The first-order chi connectivity index (χ1) is 11.7. The predicted molar refractivity (Wildman–Crippen MR) is 96.0 cm³/mol. The van der Waals surface area contributed by atoms with Crippen molar-refractivity contribution >= 4 is 5.91 Å². The van der Waals surface area contributed by atoms with Gasteiger partial charge in [0.25, 0.3) is 0 Å². The first-order valence-corrected chi connectivity index (χ1v) is 9.40. The Balaban J connectivity index is 1.45. The number of unbranched alkanes of at least 4 members (excludes halogenated alkanes) is 1. The van der Waals surface area contributed by atoms with Gasteiger partial charge in [-0.25, -0.2) is 0 Å². The summed E-state index contributed by atoms with van der Waals surface area (Å²) in [6.45, 7) is 7.13. The van der Waals surface area contributed by atoms with Gasteiger partial charge in [-0.05, 0) is 61.9 Å². The number of rotatable bonds is 6. The number of hydrogen-bond donors (Lipinski definition) is 1. The van der Waals surface area contributed by atoms with E-state index < -0.39 is 0 Å². The maximum Gasteiger partial charge on any atom is 0.220 e. The summed E-state index contributed by atoms with van der Waals surface area (Å²) < 4.78 is 5.73. The topological polar surface area (TPSA) is 41.6 Å². The van der Waals surface area contributed by atoms with Gasteiger partial charge in [0.15, 0.2) is 0 Å².